The van der Waals surface area contributed by atoms with Crippen molar-refractivity contribution in [3.05, 3.63) is 108 Å². The van der Waals surface area contributed by atoms with Crippen LogP contribution in [0.25, 0.3) is 0 Å². The molecule has 3 aromatic carbocycles. The molecule has 3 amide bonds. The second-order valence-corrected chi connectivity index (χ2v) is 14.9. The van der Waals surface area contributed by atoms with E-state index in [0.29, 0.717) is 87.7 Å². The summed E-state index contributed by atoms with van der Waals surface area (Å²) in [5, 5.41) is 25.2. The first-order valence-corrected chi connectivity index (χ1v) is 20.6. The molecule has 312 valence electrons. The van der Waals surface area contributed by atoms with Gasteiger partial charge in [0.1, 0.15) is 6.04 Å². The summed E-state index contributed by atoms with van der Waals surface area (Å²) < 4.78 is 0. The number of ketones is 3. The van der Waals surface area contributed by atoms with Crippen molar-refractivity contribution >= 4 is 35.1 Å². The zero-order valence-corrected chi connectivity index (χ0v) is 33.6. The standard InChI is InChI=1S/C45H60N6O7/c1-33-28-37(52)32-51(33)43(56)24-15-27-48-44(57)39(23-12-14-26-47-30-41(54)35-18-7-3-8-19-35)50-45(58)38(49-31-42(55)36-20-9-4-10-21-36)22-11-13-25-46-29-40(53)34-16-5-2-6-17-34/h2-10,16-21,33,37-39,46-47,49,52H,11-15,22-32H2,1H3,(H,48,57)(H,50,58)/t33-,37-,38?,39?/m1/s1. The number of unbranched alkanes of at least 4 members (excludes halogenated alkanes) is 2. The molecule has 0 saturated carbocycles. The number of nitrogens with one attached hydrogen (secondary N) is 5. The van der Waals surface area contributed by atoms with E-state index < -0.39 is 24.1 Å². The average Bonchev–Trinajstić information content (AvgIpc) is 3.59. The molecule has 0 aromatic heterocycles. The number of Topliss-reactive ketones (excluding diaryl/α,β-unsaturated/α-hetero) is 3. The number of likely N-dealkylation sites (tertiary alicyclic amines) is 1. The van der Waals surface area contributed by atoms with Crippen LogP contribution in [0.4, 0.5) is 0 Å². The first-order chi connectivity index (χ1) is 28.1. The Balaban J connectivity index is 1.32. The lowest BCUT2D eigenvalue weighted by molar-refractivity contribution is -0.132. The Labute approximate surface area is 342 Å². The Hall–Kier alpha value is -5.08. The Bertz CT molecular complexity index is 1740. The highest BCUT2D eigenvalue weighted by Crippen LogP contribution is 2.18. The van der Waals surface area contributed by atoms with Gasteiger partial charge in [-0.3, -0.25) is 34.1 Å². The fourth-order valence-corrected chi connectivity index (χ4v) is 6.93. The van der Waals surface area contributed by atoms with Gasteiger partial charge in [-0.05, 0) is 65.0 Å². The maximum atomic E-state index is 13.9. The summed E-state index contributed by atoms with van der Waals surface area (Å²) in [4.78, 5) is 79.8. The summed E-state index contributed by atoms with van der Waals surface area (Å²) in [6.45, 7) is 3.87. The number of carbonyl (C=O) groups is 6. The summed E-state index contributed by atoms with van der Waals surface area (Å²) in [5.41, 5.74) is 1.79. The maximum Gasteiger partial charge on any atom is 0.242 e. The van der Waals surface area contributed by atoms with E-state index in [9.17, 15) is 33.9 Å². The van der Waals surface area contributed by atoms with Crippen molar-refractivity contribution in [1.82, 2.24) is 31.5 Å². The lowest BCUT2D eigenvalue weighted by Gasteiger charge is -2.24. The van der Waals surface area contributed by atoms with Gasteiger partial charge in [0.15, 0.2) is 17.3 Å². The average molecular weight is 797 g/mol. The molecule has 0 radical (unpaired) electrons. The number of β-amino-alcohol motifs (C(OH)–C–C–N with tert-alkyl or cyclic N) is 1. The molecule has 58 heavy (non-hydrogen) atoms. The molecule has 13 heteroatoms. The van der Waals surface area contributed by atoms with E-state index in [1.165, 1.54) is 0 Å². The Morgan fingerprint density at radius 2 is 1.10 bits per heavy atom. The Kier molecular flexibility index (Phi) is 19.9. The molecule has 1 saturated heterocycles. The molecule has 4 atom stereocenters. The molecule has 3 aromatic rings. The van der Waals surface area contributed by atoms with Crippen LogP contribution in [-0.4, -0.2) is 115 Å². The van der Waals surface area contributed by atoms with Crippen LogP contribution in [0.3, 0.4) is 0 Å². The number of carbonyl (C=O) groups excluding carboxylic acids is 6. The van der Waals surface area contributed by atoms with Crippen molar-refractivity contribution in [3.63, 3.8) is 0 Å². The van der Waals surface area contributed by atoms with Gasteiger partial charge in [-0.25, -0.2) is 0 Å². The first kappa shape index (κ1) is 45.6. The minimum atomic E-state index is -0.873. The van der Waals surface area contributed by atoms with Crippen molar-refractivity contribution < 1.29 is 33.9 Å². The van der Waals surface area contributed by atoms with Gasteiger partial charge in [-0.2, -0.15) is 0 Å². The molecule has 0 aliphatic carbocycles. The van der Waals surface area contributed by atoms with Crippen LogP contribution in [0.1, 0.15) is 95.8 Å². The molecule has 1 heterocycles. The number of rotatable bonds is 27. The van der Waals surface area contributed by atoms with E-state index in [4.69, 9.17) is 0 Å². The van der Waals surface area contributed by atoms with E-state index in [2.05, 4.69) is 26.6 Å². The lowest BCUT2D eigenvalue weighted by atomic mass is 10.0. The second-order valence-electron chi connectivity index (χ2n) is 14.9. The van der Waals surface area contributed by atoms with Gasteiger partial charge in [0, 0.05) is 42.2 Å². The van der Waals surface area contributed by atoms with Crippen LogP contribution in [-0.2, 0) is 14.4 Å². The summed E-state index contributed by atoms with van der Waals surface area (Å²) >= 11 is 0. The Morgan fingerprint density at radius 1 is 0.621 bits per heavy atom. The topological polar surface area (TPSA) is 186 Å². The molecule has 1 fully saturated rings. The van der Waals surface area contributed by atoms with Crippen LogP contribution >= 0.6 is 0 Å². The summed E-state index contributed by atoms with van der Waals surface area (Å²) in [6.07, 6.45) is 3.90. The predicted octanol–water partition coefficient (Wildman–Crippen LogP) is 3.48. The van der Waals surface area contributed by atoms with E-state index in [1.54, 1.807) is 53.4 Å². The number of hydrogen-bond acceptors (Lipinski definition) is 10. The molecule has 13 nitrogen and oxygen atoms in total. The molecule has 0 spiro atoms. The number of benzene rings is 3. The quantitative estimate of drug-likeness (QED) is 0.0493. The number of aliphatic hydroxyl groups excluding tert-OH is 1. The number of amides is 3. The van der Waals surface area contributed by atoms with E-state index in [-0.39, 0.29) is 67.8 Å². The monoisotopic (exact) mass is 796 g/mol. The predicted molar refractivity (Wildman–Crippen MR) is 224 cm³/mol. The van der Waals surface area contributed by atoms with Crippen LogP contribution in [0, 0.1) is 0 Å². The third-order valence-electron chi connectivity index (χ3n) is 10.2. The van der Waals surface area contributed by atoms with Crippen molar-refractivity contribution in [3.8, 4) is 0 Å². The normalized spacial score (nSPS) is 16.0. The smallest absolute Gasteiger partial charge is 0.242 e. The molecule has 4 rings (SSSR count). The molecule has 0 bridgehead atoms. The van der Waals surface area contributed by atoms with E-state index in [0.717, 1.165) is 0 Å². The number of nitrogens with zero attached hydrogens (tertiary/aromatic N) is 1. The SMILES string of the molecule is C[C@@H]1C[C@@H](O)CN1C(=O)CCCNC(=O)C(CCCCNCC(=O)c1ccccc1)NC(=O)C(CCCCNCC(=O)c1ccccc1)NCC(=O)c1ccccc1. The highest BCUT2D eigenvalue weighted by molar-refractivity contribution is 5.99. The summed E-state index contributed by atoms with van der Waals surface area (Å²) in [6, 6.07) is 25.2. The molecule has 6 N–H and O–H groups in total. The highest BCUT2D eigenvalue weighted by atomic mass is 16.3. The summed E-state index contributed by atoms with van der Waals surface area (Å²) in [5.74, 6) is -1.04. The van der Waals surface area contributed by atoms with Gasteiger partial charge >= 0.3 is 0 Å². The van der Waals surface area contributed by atoms with Gasteiger partial charge < -0.3 is 31.3 Å². The fraction of sp³-hybridized carbons (Fsp3) is 0.467. The first-order valence-electron chi connectivity index (χ1n) is 20.6. The van der Waals surface area contributed by atoms with Gasteiger partial charge in [0.2, 0.25) is 17.7 Å². The van der Waals surface area contributed by atoms with Crippen LogP contribution < -0.4 is 26.6 Å². The minimum Gasteiger partial charge on any atom is -0.391 e. The van der Waals surface area contributed by atoms with Crippen molar-refractivity contribution in [2.24, 2.45) is 0 Å². The van der Waals surface area contributed by atoms with E-state index in [1.807, 2.05) is 49.4 Å². The molecular formula is C45H60N6O7. The van der Waals surface area contributed by atoms with Crippen molar-refractivity contribution in [2.75, 3.05) is 45.8 Å². The van der Waals surface area contributed by atoms with Gasteiger partial charge in [0.25, 0.3) is 0 Å². The molecule has 2 unspecified atom stereocenters. The third kappa shape index (κ3) is 16.0. The zero-order chi connectivity index (χ0) is 41.5. The largest absolute Gasteiger partial charge is 0.391 e. The number of aliphatic hydroxyl groups is 1. The summed E-state index contributed by atoms with van der Waals surface area (Å²) in [7, 11) is 0. The van der Waals surface area contributed by atoms with Crippen LogP contribution in [0.2, 0.25) is 0 Å². The molecular weight excluding hydrogens is 737 g/mol. The third-order valence-corrected chi connectivity index (χ3v) is 10.2. The van der Waals surface area contributed by atoms with E-state index >= 15 is 0 Å². The Morgan fingerprint density at radius 3 is 1.59 bits per heavy atom. The highest BCUT2D eigenvalue weighted by Gasteiger charge is 2.31. The van der Waals surface area contributed by atoms with Gasteiger partial charge in [-0.15, -0.1) is 0 Å². The van der Waals surface area contributed by atoms with Gasteiger partial charge in [-0.1, -0.05) is 97.4 Å². The van der Waals surface area contributed by atoms with Crippen LogP contribution in [0.5, 0.6) is 0 Å². The zero-order valence-electron chi connectivity index (χ0n) is 33.6. The minimum absolute atomic E-state index is 0.00709. The number of hydrogen-bond donors (Lipinski definition) is 6. The van der Waals surface area contributed by atoms with Gasteiger partial charge in [0.05, 0.1) is 31.8 Å². The second kappa shape index (κ2) is 25.3. The van der Waals surface area contributed by atoms with Crippen LogP contribution in [0.15, 0.2) is 91.0 Å². The van der Waals surface area contributed by atoms with Crippen molar-refractivity contribution in [1.29, 1.82) is 0 Å². The molecule has 1 aliphatic heterocycles. The fourth-order valence-electron chi connectivity index (χ4n) is 6.93. The maximum absolute atomic E-state index is 13.9. The molecule has 1 aliphatic rings. The lowest BCUT2D eigenvalue weighted by Crippen LogP contribution is -2.53. The van der Waals surface area contributed by atoms with Crippen molar-refractivity contribution in [2.45, 2.75) is 88.9 Å².